The molecule has 2 unspecified atom stereocenters. The van der Waals surface area contributed by atoms with Crippen LogP contribution in [0.4, 0.5) is 0 Å². The minimum Gasteiger partial charge on any atom is -0.508 e. The van der Waals surface area contributed by atoms with Crippen molar-refractivity contribution in [1.29, 1.82) is 0 Å². The third-order valence-electron chi connectivity index (χ3n) is 7.27. The third-order valence-corrected chi connectivity index (χ3v) is 7.27. The van der Waals surface area contributed by atoms with Crippen molar-refractivity contribution < 1.29 is 14.9 Å². The second-order valence-corrected chi connectivity index (χ2v) is 9.79. The molecule has 0 aromatic heterocycles. The molecule has 4 heteroatoms. The first-order valence-corrected chi connectivity index (χ1v) is 12.8. The minimum atomic E-state index is 0.145. The standard InChI is InChI=1S/C31H35NO3/c33-18-5-10-30(23-6-2-1-3-7-23)31(25-11-14-28(34)15-12-25)24-8-4-9-29(16-13-24)35-19-17-32-21-26-20-27(26)22-32/h1-3,6-9,11-16,26-27,33-34H,4-5,10,17-22H2/b31-30+. The highest BCUT2D eigenvalue weighted by molar-refractivity contribution is 5.99. The number of hydrogen-bond donors (Lipinski definition) is 2. The third kappa shape index (κ3) is 5.95. The van der Waals surface area contributed by atoms with Crippen molar-refractivity contribution in [1.82, 2.24) is 4.90 Å². The number of piperidine rings is 1. The van der Waals surface area contributed by atoms with Gasteiger partial charge in [-0.1, -0.05) is 54.6 Å². The van der Waals surface area contributed by atoms with Crippen LogP contribution in [0.2, 0.25) is 0 Å². The second kappa shape index (κ2) is 11.1. The number of nitrogens with zero attached hydrogens (tertiary/aromatic N) is 1. The van der Waals surface area contributed by atoms with E-state index in [0.29, 0.717) is 6.42 Å². The number of aromatic hydroxyl groups is 1. The van der Waals surface area contributed by atoms with E-state index in [4.69, 9.17) is 4.74 Å². The van der Waals surface area contributed by atoms with E-state index in [1.54, 1.807) is 12.1 Å². The van der Waals surface area contributed by atoms with Crippen molar-refractivity contribution in [2.45, 2.75) is 25.7 Å². The maximum absolute atomic E-state index is 9.90. The van der Waals surface area contributed by atoms with E-state index in [9.17, 15) is 10.2 Å². The lowest BCUT2D eigenvalue weighted by molar-refractivity contribution is 0.172. The van der Waals surface area contributed by atoms with E-state index in [0.717, 1.165) is 65.9 Å². The topological polar surface area (TPSA) is 52.9 Å². The van der Waals surface area contributed by atoms with Crippen molar-refractivity contribution in [3.63, 3.8) is 0 Å². The maximum atomic E-state index is 9.90. The lowest BCUT2D eigenvalue weighted by Gasteiger charge is -2.18. The molecular weight excluding hydrogens is 434 g/mol. The van der Waals surface area contributed by atoms with Crippen LogP contribution in [0.25, 0.3) is 11.1 Å². The van der Waals surface area contributed by atoms with Gasteiger partial charge in [0.15, 0.2) is 0 Å². The predicted molar refractivity (Wildman–Crippen MR) is 142 cm³/mol. The van der Waals surface area contributed by atoms with Crippen LogP contribution in [0, 0.1) is 11.8 Å². The molecule has 2 N–H and O–H groups in total. The molecule has 2 aliphatic carbocycles. The summed E-state index contributed by atoms with van der Waals surface area (Å²) in [7, 11) is 0. The number of hydrogen-bond acceptors (Lipinski definition) is 4. The molecule has 3 aliphatic rings. The van der Waals surface area contributed by atoms with Gasteiger partial charge in [-0.15, -0.1) is 0 Å². The largest absolute Gasteiger partial charge is 0.508 e. The van der Waals surface area contributed by atoms with Gasteiger partial charge in [-0.3, -0.25) is 4.90 Å². The van der Waals surface area contributed by atoms with Crippen LogP contribution in [0.15, 0.2) is 90.2 Å². The van der Waals surface area contributed by atoms with E-state index < -0.39 is 0 Å². The number of phenols is 1. The molecule has 2 fully saturated rings. The number of allylic oxidation sites excluding steroid dienone is 7. The summed E-state index contributed by atoms with van der Waals surface area (Å²) in [5.41, 5.74) is 5.65. The highest BCUT2D eigenvalue weighted by Crippen LogP contribution is 2.44. The molecule has 1 saturated heterocycles. The highest BCUT2D eigenvalue weighted by atomic mass is 16.5. The molecule has 1 aliphatic heterocycles. The fourth-order valence-electron chi connectivity index (χ4n) is 5.33. The smallest absolute Gasteiger partial charge is 0.115 e. The fraction of sp³-hybridized carbons (Fsp3) is 0.355. The van der Waals surface area contributed by atoms with E-state index in [1.807, 2.05) is 18.2 Å². The molecule has 4 nitrogen and oxygen atoms in total. The lowest BCUT2D eigenvalue weighted by Crippen LogP contribution is -2.26. The molecule has 35 heavy (non-hydrogen) atoms. The van der Waals surface area contributed by atoms with Crippen LogP contribution in [-0.4, -0.2) is 48.0 Å². The summed E-state index contributed by atoms with van der Waals surface area (Å²) in [5.74, 6) is 3.08. The van der Waals surface area contributed by atoms with E-state index in [2.05, 4.69) is 53.5 Å². The van der Waals surface area contributed by atoms with Crippen molar-refractivity contribution in [3.05, 3.63) is 101 Å². The van der Waals surface area contributed by atoms with Gasteiger partial charge in [-0.25, -0.2) is 0 Å². The second-order valence-electron chi connectivity index (χ2n) is 9.79. The number of aliphatic hydroxyl groups excluding tert-OH is 1. The molecule has 5 rings (SSSR count). The minimum absolute atomic E-state index is 0.145. The molecular formula is C31H35NO3. The van der Waals surface area contributed by atoms with Gasteiger partial charge in [0.05, 0.1) is 0 Å². The molecule has 1 saturated carbocycles. The van der Waals surface area contributed by atoms with Gasteiger partial charge in [0.1, 0.15) is 18.1 Å². The van der Waals surface area contributed by atoms with Gasteiger partial charge in [0.25, 0.3) is 0 Å². The summed E-state index contributed by atoms with van der Waals surface area (Å²) in [6, 6.07) is 17.8. The number of fused-ring (bicyclic) bond motifs is 1. The fourth-order valence-corrected chi connectivity index (χ4v) is 5.33. The Morgan fingerprint density at radius 1 is 0.914 bits per heavy atom. The number of aliphatic hydroxyl groups is 1. The number of likely N-dealkylation sites (tertiary alicyclic amines) is 1. The quantitative estimate of drug-likeness (QED) is 0.431. The molecule has 0 radical (unpaired) electrons. The van der Waals surface area contributed by atoms with Gasteiger partial charge in [-0.05, 0) is 89.7 Å². The van der Waals surface area contributed by atoms with E-state index >= 15 is 0 Å². The van der Waals surface area contributed by atoms with Crippen LogP contribution in [0.1, 0.15) is 36.8 Å². The first kappa shape index (κ1) is 23.7. The number of phenolic OH excluding ortho intramolecular Hbond substituents is 1. The monoisotopic (exact) mass is 469 g/mol. The Labute approximate surface area is 208 Å². The Balaban J connectivity index is 1.39. The molecule has 182 valence electrons. The summed E-state index contributed by atoms with van der Waals surface area (Å²) >= 11 is 0. The first-order valence-electron chi connectivity index (χ1n) is 12.8. The number of benzene rings is 2. The summed E-state index contributed by atoms with van der Waals surface area (Å²) in [4.78, 5) is 2.53. The zero-order chi connectivity index (χ0) is 24.0. The first-order chi connectivity index (χ1) is 17.2. The van der Waals surface area contributed by atoms with E-state index in [1.165, 1.54) is 25.1 Å². The van der Waals surface area contributed by atoms with Crippen LogP contribution in [0.3, 0.4) is 0 Å². The summed E-state index contributed by atoms with van der Waals surface area (Å²) in [6.07, 6.45) is 12.3. The zero-order valence-electron chi connectivity index (χ0n) is 20.3. The Hall–Kier alpha value is -3.08. The molecule has 2 aromatic carbocycles. The van der Waals surface area contributed by atoms with Gasteiger partial charge < -0.3 is 14.9 Å². The molecule has 2 atom stereocenters. The molecule has 0 spiro atoms. The van der Waals surface area contributed by atoms with Crippen LogP contribution in [0.5, 0.6) is 5.75 Å². The van der Waals surface area contributed by atoms with Crippen LogP contribution < -0.4 is 0 Å². The summed E-state index contributed by atoms with van der Waals surface area (Å²) < 4.78 is 6.15. The summed E-state index contributed by atoms with van der Waals surface area (Å²) in [5, 5.41) is 19.5. The lowest BCUT2D eigenvalue weighted by atomic mass is 9.86. The van der Waals surface area contributed by atoms with Gasteiger partial charge in [-0.2, -0.15) is 0 Å². The maximum Gasteiger partial charge on any atom is 0.115 e. The molecule has 0 amide bonds. The Morgan fingerprint density at radius 2 is 1.69 bits per heavy atom. The molecule has 0 bridgehead atoms. The molecule has 2 aromatic rings. The molecule has 1 heterocycles. The highest BCUT2D eigenvalue weighted by Gasteiger charge is 2.44. The van der Waals surface area contributed by atoms with E-state index in [-0.39, 0.29) is 12.4 Å². The number of ether oxygens (including phenoxy) is 1. The van der Waals surface area contributed by atoms with Gasteiger partial charge in [0, 0.05) is 26.2 Å². The van der Waals surface area contributed by atoms with Crippen molar-refractivity contribution in [2.24, 2.45) is 11.8 Å². The van der Waals surface area contributed by atoms with Crippen molar-refractivity contribution >= 4 is 11.1 Å². The van der Waals surface area contributed by atoms with Gasteiger partial charge in [0.2, 0.25) is 0 Å². The normalized spacial score (nSPS) is 22.1. The Kier molecular flexibility index (Phi) is 7.51. The average Bonchev–Trinajstić information content (AvgIpc) is 3.57. The average molecular weight is 470 g/mol. The predicted octanol–water partition coefficient (Wildman–Crippen LogP) is 5.81. The number of rotatable bonds is 10. The van der Waals surface area contributed by atoms with Crippen molar-refractivity contribution in [2.75, 3.05) is 32.8 Å². The van der Waals surface area contributed by atoms with Crippen LogP contribution >= 0.6 is 0 Å². The Morgan fingerprint density at radius 3 is 2.43 bits per heavy atom. The van der Waals surface area contributed by atoms with Crippen LogP contribution in [-0.2, 0) is 4.74 Å². The van der Waals surface area contributed by atoms with Gasteiger partial charge >= 0.3 is 0 Å². The zero-order valence-corrected chi connectivity index (χ0v) is 20.3. The van der Waals surface area contributed by atoms with Crippen molar-refractivity contribution in [3.8, 4) is 5.75 Å². The Bertz CT molecular complexity index is 1120. The SMILES string of the molecule is OCCC/C(=C(/C1=CCC=C(OCCN2CC3CC3C2)C=C1)c1ccc(O)cc1)c1ccccc1. The summed E-state index contributed by atoms with van der Waals surface area (Å²) in [6.45, 7) is 4.34.